The Labute approximate surface area is 135 Å². The summed E-state index contributed by atoms with van der Waals surface area (Å²) in [6.07, 6.45) is 0. The lowest BCUT2D eigenvalue weighted by Crippen LogP contribution is -1.78. The second-order valence-corrected chi connectivity index (χ2v) is 6.87. The Hall–Kier alpha value is -1.29. The molecule has 0 aliphatic heterocycles. The van der Waals surface area contributed by atoms with E-state index in [0.717, 1.165) is 8.98 Å². The molecule has 0 radical (unpaired) electrons. The van der Waals surface area contributed by atoms with E-state index in [1.165, 1.54) is 20.9 Å². The van der Waals surface area contributed by atoms with Crippen LogP contribution in [0.3, 0.4) is 0 Å². The first-order valence-corrected chi connectivity index (χ1v) is 8.21. The van der Waals surface area contributed by atoms with Gasteiger partial charge in [0.25, 0.3) is 0 Å². The largest absolute Gasteiger partial charge is 0.135 e. The number of hydrogen-bond acceptors (Lipinski definition) is 2. The monoisotopic (exact) mass is 358 g/mol. The van der Waals surface area contributed by atoms with E-state index in [-0.39, 0.29) is 0 Å². The third-order valence-electron chi connectivity index (χ3n) is 2.95. The van der Waals surface area contributed by atoms with Crippen LogP contribution in [0.4, 0.5) is 0 Å². The van der Waals surface area contributed by atoms with Crippen LogP contribution in [0, 0.1) is 4.51 Å². The molecule has 0 saturated carbocycles. The van der Waals surface area contributed by atoms with E-state index in [1.807, 2.05) is 6.07 Å². The van der Waals surface area contributed by atoms with Crippen molar-refractivity contribution >= 4 is 39.5 Å². The molecule has 0 amide bonds. The predicted octanol–water partition coefficient (Wildman–Crippen LogP) is 6.57. The van der Waals surface area contributed by atoms with E-state index in [2.05, 4.69) is 76.6 Å². The summed E-state index contributed by atoms with van der Waals surface area (Å²) < 4.78 is 1.96. The van der Waals surface area contributed by atoms with E-state index in [4.69, 9.17) is 12.2 Å². The molecule has 0 atom stereocenters. The lowest BCUT2D eigenvalue weighted by molar-refractivity contribution is 1.63. The first-order valence-electron chi connectivity index (χ1n) is 6.19. The maximum Gasteiger partial charge on any atom is 0.0405 e. The van der Waals surface area contributed by atoms with Crippen molar-refractivity contribution in [1.29, 1.82) is 0 Å². The van der Waals surface area contributed by atoms with Crippen LogP contribution in [0.5, 0.6) is 0 Å². The van der Waals surface area contributed by atoms with Gasteiger partial charge in [-0.05, 0) is 35.4 Å². The number of rotatable bonds is 2. The van der Waals surface area contributed by atoms with Gasteiger partial charge in [-0.3, -0.25) is 0 Å². The van der Waals surface area contributed by atoms with Crippen LogP contribution < -0.4 is 0 Å². The van der Waals surface area contributed by atoms with Crippen molar-refractivity contribution in [3.8, 4) is 20.9 Å². The Kier molecular flexibility index (Phi) is 4.10. The van der Waals surface area contributed by atoms with Gasteiger partial charge in [0.05, 0.1) is 0 Å². The molecule has 0 fully saturated rings. The van der Waals surface area contributed by atoms with E-state index in [9.17, 15) is 0 Å². The van der Waals surface area contributed by atoms with Crippen LogP contribution >= 0.6 is 39.5 Å². The van der Waals surface area contributed by atoms with Crippen molar-refractivity contribution in [2.24, 2.45) is 0 Å². The normalized spacial score (nSPS) is 10.4. The Morgan fingerprint density at radius 1 is 0.750 bits per heavy atom. The second kappa shape index (κ2) is 6.00. The Morgan fingerprint density at radius 3 is 1.90 bits per heavy atom. The predicted molar refractivity (Wildman–Crippen MR) is 93.7 cm³/mol. The van der Waals surface area contributed by atoms with Gasteiger partial charge in [0.15, 0.2) is 0 Å². The molecule has 3 rings (SSSR count). The molecule has 0 aliphatic rings. The quantitative estimate of drug-likeness (QED) is 0.466. The van der Waals surface area contributed by atoms with E-state index >= 15 is 0 Å². The van der Waals surface area contributed by atoms with Crippen LogP contribution in [-0.4, -0.2) is 0 Å². The fourth-order valence-corrected chi connectivity index (χ4v) is 3.74. The van der Waals surface area contributed by atoms with Crippen molar-refractivity contribution in [1.82, 2.24) is 0 Å². The van der Waals surface area contributed by atoms with Gasteiger partial charge in [-0.1, -0.05) is 70.6 Å². The summed E-state index contributed by atoms with van der Waals surface area (Å²) in [4.78, 5) is 2.40. The molecule has 1 aromatic heterocycles. The van der Waals surface area contributed by atoms with E-state index in [0.29, 0.717) is 0 Å². The summed E-state index contributed by atoms with van der Waals surface area (Å²) in [5.74, 6) is 0. The highest BCUT2D eigenvalue weighted by Gasteiger charge is 2.04. The Bertz CT molecular complexity index is 774. The van der Waals surface area contributed by atoms with Gasteiger partial charge < -0.3 is 0 Å². The third kappa shape index (κ3) is 3.06. The lowest BCUT2D eigenvalue weighted by Gasteiger charge is -2.05. The van der Waals surface area contributed by atoms with E-state index in [1.54, 1.807) is 11.3 Å². The van der Waals surface area contributed by atoms with Crippen molar-refractivity contribution in [2.75, 3.05) is 0 Å². The minimum atomic E-state index is 0.875. The minimum Gasteiger partial charge on any atom is -0.135 e. The molecule has 0 unspecified atom stereocenters. The summed E-state index contributed by atoms with van der Waals surface area (Å²) in [5, 5.41) is 0. The second-order valence-electron chi connectivity index (χ2n) is 4.39. The van der Waals surface area contributed by atoms with Crippen molar-refractivity contribution in [3.63, 3.8) is 0 Å². The molecule has 0 saturated heterocycles. The molecule has 20 heavy (non-hydrogen) atoms. The van der Waals surface area contributed by atoms with Gasteiger partial charge in [-0.15, -0.1) is 11.3 Å². The van der Waals surface area contributed by atoms with Gasteiger partial charge in [0.1, 0.15) is 0 Å². The fraction of sp³-hybridized carbons (Fsp3) is 0. The summed E-state index contributed by atoms with van der Waals surface area (Å²) >= 11 is 10.6. The molecule has 3 heteroatoms. The molecule has 3 aromatic rings. The Balaban J connectivity index is 2.12. The molecule has 0 nitrogen and oxygen atoms in total. The van der Waals surface area contributed by atoms with Crippen molar-refractivity contribution < 1.29 is 0 Å². The van der Waals surface area contributed by atoms with Crippen LogP contribution in [0.1, 0.15) is 0 Å². The van der Waals surface area contributed by atoms with Gasteiger partial charge in [0, 0.05) is 18.7 Å². The number of hydrogen-bond donors (Lipinski definition) is 0. The van der Waals surface area contributed by atoms with Gasteiger partial charge in [-0.2, -0.15) is 0 Å². The molecular weight excluding hydrogens is 348 g/mol. The number of halogens is 1. The summed E-state index contributed by atoms with van der Waals surface area (Å²) in [5.41, 5.74) is 2.41. The zero-order valence-corrected chi connectivity index (χ0v) is 13.8. The fourth-order valence-electron chi connectivity index (χ4n) is 1.98. The highest BCUT2D eigenvalue weighted by Crippen LogP contribution is 2.33. The molecule has 0 N–H and O–H groups in total. The van der Waals surface area contributed by atoms with Crippen LogP contribution in [0.15, 0.2) is 71.2 Å². The standard InChI is InChI=1S/C17H11BrS2/c18-14-8-6-13(7-9-14)17-11-15(19)10-16(20-17)12-4-2-1-3-5-12/h1-11H. The molecule has 0 bridgehead atoms. The highest BCUT2D eigenvalue weighted by molar-refractivity contribution is 9.10. The van der Waals surface area contributed by atoms with Gasteiger partial charge >= 0.3 is 0 Å². The molecule has 2 aromatic carbocycles. The summed E-state index contributed by atoms with van der Waals surface area (Å²) in [6.45, 7) is 0. The molecule has 98 valence electrons. The molecule has 0 spiro atoms. The first kappa shape index (κ1) is 13.7. The van der Waals surface area contributed by atoms with E-state index < -0.39 is 0 Å². The minimum absolute atomic E-state index is 0.875. The van der Waals surface area contributed by atoms with Crippen LogP contribution in [0.25, 0.3) is 20.9 Å². The van der Waals surface area contributed by atoms with Gasteiger partial charge in [0.2, 0.25) is 0 Å². The lowest BCUT2D eigenvalue weighted by atomic mass is 10.1. The zero-order valence-electron chi connectivity index (χ0n) is 10.5. The summed E-state index contributed by atoms with van der Waals surface area (Å²) in [6, 6.07) is 22.8. The smallest absolute Gasteiger partial charge is 0.0405 e. The SMILES string of the molecule is S=c1cc(-c2ccccc2)sc(-c2ccc(Br)cc2)c1. The maximum absolute atomic E-state index is 5.41. The topological polar surface area (TPSA) is 0 Å². The Morgan fingerprint density at radius 2 is 1.30 bits per heavy atom. The van der Waals surface area contributed by atoms with Crippen molar-refractivity contribution in [2.45, 2.75) is 0 Å². The maximum atomic E-state index is 5.41. The van der Waals surface area contributed by atoms with Crippen LogP contribution in [0.2, 0.25) is 0 Å². The third-order valence-corrected chi connectivity index (χ3v) is 4.86. The van der Waals surface area contributed by atoms with Crippen molar-refractivity contribution in [3.05, 3.63) is 75.7 Å². The molecular formula is C17H11BrS2. The van der Waals surface area contributed by atoms with Gasteiger partial charge in [-0.25, -0.2) is 0 Å². The zero-order chi connectivity index (χ0) is 13.9. The first-order chi connectivity index (χ1) is 9.72. The molecule has 0 aliphatic carbocycles. The number of benzene rings is 2. The van der Waals surface area contributed by atoms with Crippen LogP contribution in [-0.2, 0) is 0 Å². The highest BCUT2D eigenvalue weighted by atomic mass is 79.9. The molecule has 1 heterocycles. The summed E-state index contributed by atoms with van der Waals surface area (Å²) in [7, 11) is 0. The average molecular weight is 359 g/mol. The average Bonchev–Trinajstić information content (AvgIpc) is 2.48.